The van der Waals surface area contributed by atoms with Crippen molar-refractivity contribution in [2.45, 2.75) is 0 Å². The minimum Gasteiger partial charge on any atom is -0.309 e. The molecule has 0 N–H and O–H groups in total. The molecule has 0 radical (unpaired) electrons. The van der Waals surface area contributed by atoms with E-state index in [1.54, 1.807) is 0 Å². The Bertz CT molecular complexity index is 4070. The molecule has 0 saturated heterocycles. The zero-order valence-corrected chi connectivity index (χ0v) is 31.6. The topological polar surface area (TPSA) is 40.0 Å². The summed E-state index contributed by atoms with van der Waals surface area (Å²) in [6.45, 7) is 0. The molecule has 0 saturated carbocycles. The highest BCUT2D eigenvalue weighted by atomic mass is 15.2. The van der Waals surface area contributed by atoms with Gasteiger partial charge < -0.3 is 8.97 Å². The minimum absolute atomic E-state index is 0.822. The summed E-state index contributed by atoms with van der Waals surface area (Å²) in [7, 11) is 0. The standard InChI is InChI=1S/C54H31N5/c1-2-16-35(17-3-1)57-45-23-11-8-18-36(45)39-27-26-34(30-48(39)57)51-40-21-6-7-22-41(40)54(56-55-51)59-47-25-13-10-20-38(47)43-31-42-37-19-9-12-24-46(37)58-49-29-33-15-5-4-14-32(33)28-44(49)50(52(42)58)53(43)59/h1-31H. The summed E-state index contributed by atoms with van der Waals surface area (Å²) in [5, 5.41) is 24.8. The van der Waals surface area contributed by atoms with Gasteiger partial charge in [0.2, 0.25) is 0 Å². The van der Waals surface area contributed by atoms with Crippen molar-refractivity contribution in [3.8, 4) is 22.8 Å². The average Bonchev–Trinajstić information content (AvgIpc) is 4.02. The molecule has 0 amide bonds. The van der Waals surface area contributed by atoms with Gasteiger partial charge in [-0.2, -0.15) is 0 Å². The molecule has 0 unspecified atom stereocenters. The number of benzene rings is 9. The van der Waals surface area contributed by atoms with Crippen molar-refractivity contribution < 1.29 is 0 Å². The van der Waals surface area contributed by atoms with Crippen molar-refractivity contribution >= 4 is 103 Å². The smallest absolute Gasteiger partial charge is 0.168 e. The Balaban J connectivity index is 1.10. The first-order valence-electron chi connectivity index (χ1n) is 20.2. The van der Waals surface area contributed by atoms with Crippen LogP contribution in [-0.4, -0.2) is 23.7 Å². The van der Waals surface area contributed by atoms with Gasteiger partial charge in [0.25, 0.3) is 0 Å². The molecule has 9 aromatic carbocycles. The summed E-state index contributed by atoms with van der Waals surface area (Å²) in [6.07, 6.45) is 0. The van der Waals surface area contributed by atoms with Crippen LogP contribution in [0.1, 0.15) is 0 Å². The van der Waals surface area contributed by atoms with Crippen molar-refractivity contribution in [2.75, 3.05) is 0 Å². The van der Waals surface area contributed by atoms with Gasteiger partial charge in [-0.15, -0.1) is 10.2 Å². The highest BCUT2D eigenvalue weighted by Gasteiger charge is 2.26. The largest absolute Gasteiger partial charge is 0.309 e. The lowest BCUT2D eigenvalue weighted by molar-refractivity contribution is 0.978. The van der Waals surface area contributed by atoms with Gasteiger partial charge in [-0.25, -0.2) is 0 Å². The Kier molecular flexibility index (Phi) is 5.96. The Morgan fingerprint density at radius 2 is 0.898 bits per heavy atom. The Hall–Kier alpha value is -8.02. The molecular formula is C54H31N5. The van der Waals surface area contributed by atoms with Crippen molar-refractivity contribution in [1.29, 1.82) is 0 Å². The first-order valence-corrected chi connectivity index (χ1v) is 20.2. The van der Waals surface area contributed by atoms with Gasteiger partial charge >= 0.3 is 0 Å². The van der Waals surface area contributed by atoms with E-state index in [-0.39, 0.29) is 0 Å². The predicted octanol–water partition coefficient (Wildman–Crippen LogP) is 13.8. The van der Waals surface area contributed by atoms with Crippen LogP contribution in [0.3, 0.4) is 0 Å². The van der Waals surface area contributed by atoms with Gasteiger partial charge in [0, 0.05) is 65.1 Å². The van der Waals surface area contributed by atoms with Crippen LogP contribution in [-0.2, 0) is 0 Å². The van der Waals surface area contributed by atoms with Crippen molar-refractivity contribution in [3.05, 3.63) is 188 Å². The van der Waals surface area contributed by atoms with Crippen LogP contribution in [0, 0.1) is 0 Å². The van der Waals surface area contributed by atoms with Crippen LogP contribution in [0.2, 0.25) is 0 Å². The van der Waals surface area contributed by atoms with Crippen molar-refractivity contribution in [1.82, 2.24) is 23.7 Å². The maximum Gasteiger partial charge on any atom is 0.168 e. The zero-order valence-electron chi connectivity index (χ0n) is 31.6. The van der Waals surface area contributed by atoms with Crippen LogP contribution in [0.5, 0.6) is 0 Å². The number of rotatable bonds is 3. The molecule has 0 aliphatic rings. The van der Waals surface area contributed by atoms with Crippen LogP contribution in [0.15, 0.2) is 188 Å². The molecule has 14 aromatic rings. The second-order valence-corrected chi connectivity index (χ2v) is 15.8. The van der Waals surface area contributed by atoms with Crippen LogP contribution in [0.4, 0.5) is 0 Å². The molecule has 0 fully saturated rings. The molecule has 5 heteroatoms. The number of nitrogens with zero attached hydrogens (tertiary/aromatic N) is 5. The fraction of sp³-hybridized carbons (Fsp3) is 0. The molecule has 0 bridgehead atoms. The second kappa shape index (κ2) is 11.3. The minimum atomic E-state index is 0.822. The van der Waals surface area contributed by atoms with E-state index in [1.165, 1.54) is 75.9 Å². The van der Waals surface area contributed by atoms with E-state index >= 15 is 0 Å². The first-order chi connectivity index (χ1) is 29.3. The maximum absolute atomic E-state index is 5.25. The van der Waals surface area contributed by atoms with Gasteiger partial charge in [0.1, 0.15) is 5.69 Å². The van der Waals surface area contributed by atoms with Gasteiger partial charge in [0.15, 0.2) is 5.82 Å². The Morgan fingerprint density at radius 3 is 1.68 bits per heavy atom. The van der Waals surface area contributed by atoms with E-state index in [1.807, 2.05) is 0 Å². The number of fused-ring (bicyclic) bond motifs is 15. The third-order valence-electron chi connectivity index (χ3n) is 12.8. The third kappa shape index (κ3) is 4.03. The second-order valence-electron chi connectivity index (χ2n) is 15.8. The summed E-state index contributed by atoms with van der Waals surface area (Å²) >= 11 is 0. The van der Waals surface area contributed by atoms with E-state index in [9.17, 15) is 0 Å². The Labute approximate surface area is 336 Å². The SMILES string of the molecule is c1ccc(-n2c3ccccc3c3ccc(-c4nnc(-n5c6ccccc6c6cc7c8ccccc8n8c9cc%10ccccc%10cc9c(c65)c78)c5ccccc45)cc32)cc1. The first kappa shape index (κ1) is 31.1. The average molecular weight is 750 g/mol. The molecule has 5 nitrogen and oxygen atoms in total. The molecule has 59 heavy (non-hydrogen) atoms. The summed E-state index contributed by atoms with van der Waals surface area (Å²) in [5.41, 5.74) is 11.3. The molecular weight excluding hydrogens is 719 g/mol. The van der Waals surface area contributed by atoms with Gasteiger partial charge in [-0.3, -0.25) is 4.57 Å². The highest BCUT2D eigenvalue weighted by molar-refractivity contribution is 6.35. The van der Waals surface area contributed by atoms with E-state index < -0.39 is 0 Å². The lowest BCUT2D eigenvalue weighted by Gasteiger charge is -2.14. The molecule has 0 spiro atoms. The quantitative estimate of drug-likeness (QED) is 0.180. The number of hydrogen-bond acceptors (Lipinski definition) is 2. The number of para-hydroxylation sites is 4. The van der Waals surface area contributed by atoms with Crippen LogP contribution >= 0.6 is 0 Å². The monoisotopic (exact) mass is 749 g/mol. The molecule has 0 atom stereocenters. The summed E-state index contributed by atoms with van der Waals surface area (Å²) in [5.74, 6) is 0.822. The summed E-state index contributed by atoms with van der Waals surface area (Å²) in [4.78, 5) is 0. The molecule has 5 heterocycles. The molecule has 272 valence electrons. The van der Waals surface area contributed by atoms with E-state index in [0.717, 1.165) is 50.1 Å². The molecule has 14 rings (SSSR count). The fourth-order valence-electron chi connectivity index (χ4n) is 10.4. The van der Waals surface area contributed by atoms with Gasteiger partial charge in [-0.05, 0) is 65.4 Å². The Morgan fingerprint density at radius 1 is 0.322 bits per heavy atom. The predicted molar refractivity (Wildman–Crippen MR) is 246 cm³/mol. The fourth-order valence-corrected chi connectivity index (χ4v) is 10.4. The van der Waals surface area contributed by atoms with Crippen molar-refractivity contribution in [2.24, 2.45) is 0 Å². The van der Waals surface area contributed by atoms with E-state index in [0.29, 0.717) is 0 Å². The molecule has 0 aliphatic carbocycles. The number of aromatic nitrogens is 5. The van der Waals surface area contributed by atoms with Crippen molar-refractivity contribution in [3.63, 3.8) is 0 Å². The third-order valence-corrected chi connectivity index (χ3v) is 12.8. The van der Waals surface area contributed by atoms with Gasteiger partial charge in [-0.1, -0.05) is 133 Å². The van der Waals surface area contributed by atoms with Crippen LogP contribution in [0.25, 0.3) is 126 Å². The molecule has 0 aliphatic heterocycles. The maximum atomic E-state index is 5.25. The summed E-state index contributed by atoms with van der Waals surface area (Å²) < 4.78 is 7.24. The van der Waals surface area contributed by atoms with Gasteiger partial charge in [0.05, 0.1) is 38.6 Å². The normalized spacial score (nSPS) is 12.4. The zero-order chi connectivity index (χ0) is 38.3. The molecule has 5 aromatic heterocycles. The summed E-state index contributed by atoms with van der Waals surface area (Å²) in [6, 6.07) is 68.2. The van der Waals surface area contributed by atoms with E-state index in [4.69, 9.17) is 10.2 Å². The lowest BCUT2D eigenvalue weighted by Crippen LogP contribution is -2.03. The van der Waals surface area contributed by atoms with E-state index in [2.05, 4.69) is 202 Å². The lowest BCUT2D eigenvalue weighted by atomic mass is 10.0. The van der Waals surface area contributed by atoms with Crippen LogP contribution < -0.4 is 0 Å². The highest BCUT2D eigenvalue weighted by Crippen LogP contribution is 2.48. The number of hydrogen-bond donors (Lipinski definition) is 0.